The van der Waals surface area contributed by atoms with Crippen LogP contribution in [-0.4, -0.2) is 115 Å². The SMILES string of the molecule is CS(=O)(=O)Cl.CS(=O)(=O)OCCCc1nc(-c2ccc(C(F)(F)F)cc2)cs1.N#CCCCO.NC(=S)CCCO.O=C(CBr)c1ccc(C(F)(F)F)cc1.OCCCCl.OCCCc1nc(-c2ccc(C(F)(F)F)cc2)cs1.S.[C-]#N.[K+]. The molecule has 34 heteroatoms. The van der Waals surface area contributed by atoms with Crippen LogP contribution in [0.5, 0.6) is 0 Å². The molecule has 5 aromatic rings. The van der Waals surface area contributed by atoms with Gasteiger partial charge in [-0.05, 0) is 74.9 Å². The van der Waals surface area contributed by atoms with Gasteiger partial charge in [-0.15, -0.1) is 34.3 Å². The van der Waals surface area contributed by atoms with E-state index >= 15 is 0 Å². The van der Waals surface area contributed by atoms with E-state index in [1.807, 2.05) is 11.4 Å². The number of Topliss-reactive ketones (excluding diaryl/α,β-unsaturated/α-hetero) is 1. The summed E-state index contributed by atoms with van der Waals surface area (Å²) in [7, 11) is -2.13. The van der Waals surface area contributed by atoms with Gasteiger partial charge in [0.25, 0.3) is 10.1 Å². The monoisotopic (exact) mass is 1430 g/mol. The summed E-state index contributed by atoms with van der Waals surface area (Å²) < 4.78 is 156. The number of benzene rings is 3. The second-order valence-corrected chi connectivity index (χ2v) is 23.3. The Morgan fingerprint density at radius 2 is 1.05 bits per heavy atom. The molecule has 0 spiro atoms. The molecule has 5 rings (SSSR count). The number of hydrogen-bond donors (Lipinski definition) is 5. The first-order valence-electron chi connectivity index (χ1n) is 22.8. The van der Waals surface area contributed by atoms with Gasteiger partial charge in [-0.2, -0.15) is 66.7 Å². The van der Waals surface area contributed by atoms with E-state index in [9.17, 15) is 61.1 Å². The minimum absolute atomic E-state index is 0. The van der Waals surface area contributed by atoms with Gasteiger partial charge in [0.15, 0.2) is 5.78 Å². The molecular formula is C49H60BrCl2F9KN5O10S6. The van der Waals surface area contributed by atoms with Gasteiger partial charge >= 0.3 is 69.9 Å². The van der Waals surface area contributed by atoms with E-state index in [2.05, 4.69) is 53.0 Å². The Morgan fingerprint density at radius 3 is 1.30 bits per heavy atom. The van der Waals surface area contributed by atoms with Crippen molar-refractivity contribution in [3.63, 3.8) is 0 Å². The molecule has 0 atom stereocenters. The van der Waals surface area contributed by atoms with Gasteiger partial charge in [-0.3, -0.25) is 8.98 Å². The third-order valence-corrected chi connectivity index (χ3v) is 11.9. The number of aliphatic hydroxyl groups excluding tert-OH is 4. The van der Waals surface area contributed by atoms with E-state index in [1.54, 1.807) is 5.38 Å². The van der Waals surface area contributed by atoms with Crippen LogP contribution in [0.3, 0.4) is 0 Å². The first-order chi connectivity index (χ1) is 37.7. The van der Waals surface area contributed by atoms with Crippen LogP contribution in [-0.2, 0) is 54.7 Å². The summed E-state index contributed by atoms with van der Waals surface area (Å²) in [5.41, 5.74) is 5.81. The Bertz CT molecular complexity index is 2790. The van der Waals surface area contributed by atoms with Crippen molar-refractivity contribution in [3.8, 4) is 28.6 Å². The number of ketones is 1. The molecule has 0 saturated carbocycles. The molecule has 83 heavy (non-hydrogen) atoms. The predicted molar refractivity (Wildman–Crippen MR) is 313 cm³/mol. The number of thiocarbonyl (C=S) groups is 1. The Kier molecular flexibility index (Phi) is 53.3. The number of nitriles is 1. The van der Waals surface area contributed by atoms with Crippen molar-refractivity contribution in [3.05, 3.63) is 122 Å². The quantitative estimate of drug-likeness (QED) is 0.00593. The number of hydrogen-bond acceptors (Lipinski definition) is 17. The van der Waals surface area contributed by atoms with E-state index in [-0.39, 0.29) is 115 Å². The number of aliphatic hydroxyl groups is 4. The smallest absolute Gasteiger partial charge is 0.512 e. The zero-order chi connectivity index (χ0) is 62.9. The number of aryl methyl sites for hydroxylation is 2. The van der Waals surface area contributed by atoms with Gasteiger partial charge < -0.3 is 38.0 Å². The predicted octanol–water partition coefficient (Wildman–Crippen LogP) is 9.11. The molecule has 462 valence electrons. The van der Waals surface area contributed by atoms with Crippen molar-refractivity contribution in [1.82, 2.24) is 9.97 Å². The summed E-state index contributed by atoms with van der Waals surface area (Å²) >= 11 is 15.4. The first kappa shape index (κ1) is 89.3. The molecule has 0 unspecified atom stereocenters. The largest absolute Gasteiger partial charge is 1.00 e. The van der Waals surface area contributed by atoms with E-state index < -0.39 is 54.4 Å². The van der Waals surface area contributed by atoms with Gasteiger partial charge in [0, 0.05) is 89.7 Å². The number of carbonyl (C=O) groups excluding carboxylic acids is 1. The maximum absolute atomic E-state index is 12.5. The third kappa shape index (κ3) is 49.3. The normalized spacial score (nSPS) is 10.6. The van der Waals surface area contributed by atoms with Gasteiger partial charge in [0.05, 0.1) is 73.6 Å². The van der Waals surface area contributed by atoms with Crippen LogP contribution in [0.2, 0.25) is 0 Å². The maximum atomic E-state index is 12.5. The number of alkyl halides is 11. The topological polar surface area (TPSA) is 275 Å². The summed E-state index contributed by atoms with van der Waals surface area (Å²) in [4.78, 5) is 20.2. The molecule has 3 aromatic carbocycles. The van der Waals surface area contributed by atoms with Crippen LogP contribution in [0.15, 0.2) is 83.6 Å². The van der Waals surface area contributed by atoms with Crippen molar-refractivity contribution < 1.29 is 137 Å². The number of unbranched alkanes of at least 4 members (excludes halogenated alkanes) is 1. The fourth-order valence-corrected chi connectivity index (χ4v) is 7.54. The van der Waals surface area contributed by atoms with Crippen molar-refractivity contribution in [2.45, 2.75) is 76.3 Å². The van der Waals surface area contributed by atoms with Crippen LogP contribution >= 0.6 is 86.6 Å². The number of carbonyl (C=O) groups is 1. The number of thiazole rings is 2. The Labute approximate surface area is 558 Å². The molecule has 6 N–H and O–H groups in total. The number of nitrogens with two attached hydrogens (primary N) is 1. The molecule has 0 saturated heterocycles. The number of rotatable bonds is 19. The van der Waals surface area contributed by atoms with Crippen LogP contribution in [0, 0.1) is 23.2 Å². The van der Waals surface area contributed by atoms with Crippen LogP contribution in [0.25, 0.3) is 22.5 Å². The Morgan fingerprint density at radius 1 is 0.699 bits per heavy atom. The van der Waals surface area contributed by atoms with E-state index in [1.165, 1.54) is 59.1 Å². The number of nitrogens with zero attached hydrogens (tertiary/aromatic N) is 4. The van der Waals surface area contributed by atoms with Gasteiger partial charge in [-0.1, -0.05) is 64.5 Å². The van der Waals surface area contributed by atoms with Gasteiger partial charge in [0.1, 0.15) is 0 Å². The van der Waals surface area contributed by atoms with Crippen LogP contribution < -0.4 is 57.1 Å². The summed E-state index contributed by atoms with van der Waals surface area (Å²) in [6, 6.07) is 15.8. The summed E-state index contributed by atoms with van der Waals surface area (Å²) in [5, 5.41) is 52.4. The van der Waals surface area contributed by atoms with E-state index in [4.69, 9.17) is 54.9 Å². The number of aromatic nitrogens is 2. The Balaban J connectivity index is -0.000000305. The van der Waals surface area contributed by atoms with Gasteiger partial charge in [0.2, 0.25) is 9.05 Å². The van der Waals surface area contributed by atoms with E-state index in [0.29, 0.717) is 91.2 Å². The van der Waals surface area contributed by atoms with Crippen LogP contribution in [0.1, 0.15) is 82.0 Å². The molecule has 0 aliphatic rings. The standard InChI is InChI=1S/C14H14F3NO3S2.C13H12F3NOS.C9H6BrF3O.C4H9NOS.C4H7NO.C3H7ClO.CH3ClO2S.CN.K.H2S/c1-23(19,20)21-8-2-3-13-18-12(9-22-13)10-4-6-11(7-5-10)14(15,16)17;14-13(15,16)10-5-3-9(4-6-10)11-8-19-12(17-11)2-1-7-18;10-5-8(14)6-1-3-7(4-2-6)9(11,12)13;5-4(7)2-1-3-6;5-3-1-2-4-6;4-2-1-3-5;1-5(2,3)4;1-2;;/h4-7,9H,2-3,8H2,1H3;3-6,8,18H,1-2,7H2;1-4H,5H2;6H,1-3H2,(H2,5,7);6H,1-2,4H2;5H,1-3H2;1H3;;;1H2/q;;;;;;;-1;+1;. The van der Waals surface area contributed by atoms with Crippen molar-refractivity contribution in [1.29, 1.82) is 10.5 Å². The fourth-order valence-electron chi connectivity index (χ4n) is 4.83. The fraction of sp³-hybridized carbons (Fsp3) is 0.429. The third-order valence-electron chi connectivity index (χ3n) is 8.48. The Hall–Kier alpha value is -2.42. The van der Waals surface area contributed by atoms with Crippen molar-refractivity contribution >= 4 is 117 Å². The number of halogens is 12. The molecule has 0 radical (unpaired) electrons. The zero-order valence-electron chi connectivity index (χ0n) is 44.6. The van der Waals surface area contributed by atoms with Crippen molar-refractivity contribution in [2.75, 3.05) is 56.8 Å². The summed E-state index contributed by atoms with van der Waals surface area (Å²) in [6.07, 6.45) is -5.62. The summed E-state index contributed by atoms with van der Waals surface area (Å²) in [6.45, 7) is 5.46. The second-order valence-electron chi connectivity index (χ2n) is 15.2. The molecule has 15 nitrogen and oxygen atoms in total. The van der Waals surface area contributed by atoms with Gasteiger partial charge in [-0.25, -0.2) is 18.4 Å². The molecule has 0 fully saturated rings. The first-order valence-corrected chi connectivity index (χ1v) is 31.2. The minimum Gasteiger partial charge on any atom is -0.512 e. The molecule has 0 aliphatic heterocycles. The molecule has 2 heterocycles. The van der Waals surface area contributed by atoms with Crippen LogP contribution in [0.4, 0.5) is 39.5 Å². The second kappa shape index (κ2) is 49.6. The molecule has 0 bridgehead atoms. The molecule has 0 aliphatic carbocycles. The molecule has 0 amide bonds. The zero-order valence-corrected chi connectivity index (χ0v) is 55.9. The minimum atomic E-state index is -4.36. The summed E-state index contributed by atoms with van der Waals surface area (Å²) in [5.74, 6) is 0.329. The average molecular weight is 1430 g/mol. The average Bonchev–Trinajstić information content (AvgIpc) is 4.09. The maximum Gasteiger partial charge on any atom is 1.00 e. The van der Waals surface area contributed by atoms with E-state index in [0.717, 1.165) is 58.9 Å². The van der Waals surface area contributed by atoms with Crippen molar-refractivity contribution in [2.24, 2.45) is 5.73 Å². The molecule has 2 aromatic heterocycles. The molecular weight excluding hydrogens is 1370 g/mol.